The van der Waals surface area contributed by atoms with Crippen LogP contribution in [0.15, 0.2) is 73.1 Å². The van der Waals surface area contributed by atoms with Gasteiger partial charge < -0.3 is 18.9 Å². The number of hydrogen-bond acceptors (Lipinski definition) is 6. The molecule has 0 aliphatic carbocycles. The maximum atomic E-state index is 14.1. The van der Waals surface area contributed by atoms with Gasteiger partial charge in [-0.2, -0.15) is 0 Å². The molecule has 3 aromatic rings. The molecule has 31 heavy (non-hydrogen) atoms. The van der Waals surface area contributed by atoms with Crippen molar-refractivity contribution in [3.8, 4) is 11.5 Å². The average Bonchev–Trinajstić information content (AvgIpc) is 2.80. The normalized spacial score (nSPS) is 11.0. The fraction of sp³-hybridized carbons (Fsp3) is 0.167. The molecule has 0 unspecified atom stereocenters. The number of rotatable bonds is 9. The summed E-state index contributed by atoms with van der Waals surface area (Å²) >= 11 is 0. The number of benzene rings is 2. The van der Waals surface area contributed by atoms with E-state index in [0.29, 0.717) is 22.6 Å². The Balaban J connectivity index is 1.75. The molecule has 0 N–H and O–H groups in total. The number of carbonyl (C=O) groups excluding carboxylic acids is 1. The third kappa shape index (κ3) is 6.05. The van der Waals surface area contributed by atoms with E-state index in [1.807, 2.05) is 24.3 Å². The van der Waals surface area contributed by atoms with Gasteiger partial charge in [-0.15, -0.1) is 0 Å². The molecule has 0 aliphatic heterocycles. The van der Waals surface area contributed by atoms with Crippen molar-refractivity contribution in [3.05, 3.63) is 95.8 Å². The summed E-state index contributed by atoms with van der Waals surface area (Å²) < 4.78 is 35.4. The van der Waals surface area contributed by atoms with Crippen molar-refractivity contribution >= 4 is 11.5 Å². The second-order valence-corrected chi connectivity index (χ2v) is 6.44. The van der Waals surface area contributed by atoms with Gasteiger partial charge in [0.15, 0.2) is 0 Å². The van der Waals surface area contributed by atoms with Crippen LogP contribution in [0.4, 0.5) is 4.39 Å². The number of pyridine rings is 1. The third-order valence-corrected chi connectivity index (χ3v) is 4.30. The van der Waals surface area contributed by atoms with Gasteiger partial charge in [0, 0.05) is 24.4 Å². The lowest BCUT2D eigenvalue weighted by molar-refractivity contribution is -0.133. The Morgan fingerprint density at radius 2 is 1.68 bits per heavy atom. The van der Waals surface area contributed by atoms with E-state index in [2.05, 4.69) is 4.98 Å². The van der Waals surface area contributed by atoms with Crippen LogP contribution in [0.1, 0.15) is 16.8 Å². The van der Waals surface area contributed by atoms with Crippen molar-refractivity contribution in [2.24, 2.45) is 0 Å². The number of esters is 1. The Hall–Kier alpha value is -3.87. The summed E-state index contributed by atoms with van der Waals surface area (Å²) in [5.74, 6) is -0.411. The van der Waals surface area contributed by atoms with Gasteiger partial charge >= 0.3 is 5.97 Å². The fourth-order valence-corrected chi connectivity index (χ4v) is 2.86. The SMILES string of the molecule is COC=C(C(=O)OC)c1ccccc1COc1cc(F)cc(OCc2ccccn2)c1. The van der Waals surface area contributed by atoms with Crippen molar-refractivity contribution in [1.29, 1.82) is 0 Å². The van der Waals surface area contributed by atoms with Gasteiger partial charge in [0.1, 0.15) is 36.1 Å². The van der Waals surface area contributed by atoms with E-state index in [-0.39, 0.29) is 18.8 Å². The predicted octanol–water partition coefficient (Wildman–Crippen LogP) is 4.54. The summed E-state index contributed by atoms with van der Waals surface area (Å²) in [6, 6.07) is 16.8. The number of nitrogens with zero attached hydrogens (tertiary/aromatic N) is 1. The highest BCUT2D eigenvalue weighted by atomic mass is 19.1. The number of ether oxygens (including phenoxy) is 4. The molecule has 0 amide bonds. The van der Waals surface area contributed by atoms with Crippen LogP contribution in [-0.2, 0) is 27.5 Å². The van der Waals surface area contributed by atoms with E-state index in [4.69, 9.17) is 18.9 Å². The van der Waals surface area contributed by atoms with E-state index in [1.165, 1.54) is 32.6 Å². The summed E-state index contributed by atoms with van der Waals surface area (Å²) in [5, 5.41) is 0. The summed E-state index contributed by atoms with van der Waals surface area (Å²) in [7, 11) is 2.74. The molecule has 0 saturated carbocycles. The first-order chi connectivity index (χ1) is 15.1. The van der Waals surface area contributed by atoms with Gasteiger partial charge in [-0.3, -0.25) is 4.98 Å². The van der Waals surface area contributed by atoms with E-state index in [9.17, 15) is 9.18 Å². The lowest BCUT2D eigenvalue weighted by Crippen LogP contribution is -2.08. The Morgan fingerprint density at radius 1 is 0.968 bits per heavy atom. The van der Waals surface area contributed by atoms with Gasteiger partial charge in [-0.05, 0) is 23.3 Å². The van der Waals surface area contributed by atoms with Crippen LogP contribution in [0, 0.1) is 5.82 Å². The monoisotopic (exact) mass is 423 g/mol. The van der Waals surface area contributed by atoms with Crippen molar-refractivity contribution in [3.63, 3.8) is 0 Å². The zero-order chi connectivity index (χ0) is 22.1. The average molecular weight is 423 g/mol. The highest BCUT2D eigenvalue weighted by Crippen LogP contribution is 2.26. The maximum absolute atomic E-state index is 14.1. The Labute approximate surface area is 179 Å². The molecule has 0 saturated heterocycles. The Morgan fingerprint density at radius 3 is 2.35 bits per heavy atom. The van der Waals surface area contributed by atoms with Crippen molar-refractivity contribution in [1.82, 2.24) is 4.98 Å². The largest absolute Gasteiger partial charge is 0.503 e. The second-order valence-electron chi connectivity index (χ2n) is 6.44. The van der Waals surface area contributed by atoms with Crippen LogP contribution in [0.3, 0.4) is 0 Å². The molecular formula is C24H22FNO5. The van der Waals surface area contributed by atoms with Gasteiger partial charge in [-0.1, -0.05) is 30.3 Å². The second kappa shape index (κ2) is 10.8. The van der Waals surface area contributed by atoms with Gasteiger partial charge in [-0.25, -0.2) is 9.18 Å². The molecule has 0 spiro atoms. The molecule has 0 atom stereocenters. The topological polar surface area (TPSA) is 66.9 Å². The summed E-state index contributed by atoms with van der Waals surface area (Å²) in [5.41, 5.74) is 2.28. The van der Waals surface area contributed by atoms with Crippen molar-refractivity contribution < 1.29 is 28.1 Å². The highest BCUT2D eigenvalue weighted by Gasteiger charge is 2.17. The van der Waals surface area contributed by atoms with Crippen molar-refractivity contribution in [2.75, 3.05) is 14.2 Å². The first kappa shape index (κ1) is 21.8. The first-order valence-electron chi connectivity index (χ1n) is 9.46. The maximum Gasteiger partial charge on any atom is 0.341 e. The molecule has 6 nitrogen and oxygen atoms in total. The smallest absolute Gasteiger partial charge is 0.341 e. The molecule has 0 radical (unpaired) electrons. The predicted molar refractivity (Wildman–Crippen MR) is 113 cm³/mol. The van der Waals surface area contributed by atoms with E-state index in [1.54, 1.807) is 30.5 Å². The van der Waals surface area contributed by atoms with E-state index >= 15 is 0 Å². The van der Waals surface area contributed by atoms with Crippen LogP contribution in [0.2, 0.25) is 0 Å². The number of carbonyl (C=O) groups is 1. The minimum absolute atomic E-state index is 0.0946. The van der Waals surface area contributed by atoms with Gasteiger partial charge in [0.25, 0.3) is 0 Å². The summed E-state index contributed by atoms with van der Waals surface area (Å²) in [6.07, 6.45) is 2.98. The highest BCUT2D eigenvalue weighted by molar-refractivity contribution is 6.16. The van der Waals surface area contributed by atoms with Crippen LogP contribution in [0.5, 0.6) is 11.5 Å². The number of methoxy groups -OCH3 is 2. The minimum atomic E-state index is -0.537. The van der Waals surface area contributed by atoms with E-state index < -0.39 is 11.8 Å². The molecule has 0 aliphatic rings. The molecule has 1 aromatic heterocycles. The zero-order valence-electron chi connectivity index (χ0n) is 17.2. The number of halogens is 1. The van der Waals surface area contributed by atoms with Crippen LogP contribution in [-0.4, -0.2) is 25.2 Å². The molecule has 0 fully saturated rings. The van der Waals surface area contributed by atoms with Crippen molar-refractivity contribution in [2.45, 2.75) is 13.2 Å². The van der Waals surface area contributed by atoms with Gasteiger partial charge in [0.2, 0.25) is 0 Å². The van der Waals surface area contributed by atoms with Crippen LogP contribution < -0.4 is 9.47 Å². The van der Waals surface area contributed by atoms with Crippen LogP contribution in [0.25, 0.3) is 5.57 Å². The lowest BCUT2D eigenvalue weighted by atomic mass is 10.0. The quantitative estimate of drug-likeness (QED) is 0.286. The molecule has 7 heteroatoms. The minimum Gasteiger partial charge on any atom is -0.503 e. The number of aromatic nitrogens is 1. The summed E-state index contributed by atoms with van der Waals surface area (Å²) in [6.45, 7) is 0.300. The number of hydrogen-bond donors (Lipinski definition) is 0. The van der Waals surface area contributed by atoms with Crippen LogP contribution >= 0.6 is 0 Å². The Bertz CT molecular complexity index is 1050. The molecule has 160 valence electrons. The third-order valence-electron chi connectivity index (χ3n) is 4.30. The fourth-order valence-electron chi connectivity index (χ4n) is 2.86. The van der Waals surface area contributed by atoms with Gasteiger partial charge in [0.05, 0.1) is 26.2 Å². The molecule has 3 rings (SSSR count). The first-order valence-corrected chi connectivity index (χ1v) is 9.46. The molecule has 1 heterocycles. The standard InChI is InChI=1S/C24H22FNO5/c1-28-16-23(24(27)29-2)22-9-4-3-7-17(22)14-30-20-11-18(25)12-21(13-20)31-15-19-8-5-6-10-26-19/h3-13,16H,14-15H2,1-2H3. The lowest BCUT2D eigenvalue weighted by Gasteiger charge is -2.14. The molecular weight excluding hydrogens is 401 g/mol. The zero-order valence-corrected chi connectivity index (χ0v) is 17.2. The summed E-state index contributed by atoms with van der Waals surface area (Å²) in [4.78, 5) is 16.3. The Kier molecular flexibility index (Phi) is 7.59. The molecule has 0 bridgehead atoms. The van der Waals surface area contributed by atoms with E-state index in [0.717, 1.165) is 5.69 Å². The molecule has 2 aromatic carbocycles.